The molecule has 0 spiro atoms. The molecule has 1 aliphatic heterocycles. The van der Waals surface area contributed by atoms with E-state index in [9.17, 15) is 0 Å². The molecule has 0 fully saturated rings. The average Bonchev–Trinajstić information content (AvgIpc) is 2.27. The summed E-state index contributed by atoms with van der Waals surface area (Å²) in [7, 11) is 3.44. The second-order valence-electron chi connectivity index (χ2n) is 3.16. The number of hydrogen-bond acceptors (Lipinski definition) is 5. The summed E-state index contributed by atoms with van der Waals surface area (Å²) < 4.78 is 5.04. The van der Waals surface area contributed by atoms with E-state index in [4.69, 9.17) is 4.74 Å². The summed E-state index contributed by atoms with van der Waals surface area (Å²) >= 11 is 0. The Morgan fingerprint density at radius 1 is 1.43 bits per heavy atom. The van der Waals surface area contributed by atoms with Gasteiger partial charge in [-0.3, -0.25) is 0 Å². The summed E-state index contributed by atoms with van der Waals surface area (Å²) in [6.45, 7) is 1.80. The zero-order valence-electron chi connectivity index (χ0n) is 8.42. The van der Waals surface area contributed by atoms with Crippen molar-refractivity contribution in [3.8, 4) is 6.01 Å². The fourth-order valence-electron chi connectivity index (χ4n) is 1.62. The van der Waals surface area contributed by atoms with Crippen LogP contribution in [0.1, 0.15) is 11.3 Å². The highest BCUT2D eigenvalue weighted by atomic mass is 16.5. The largest absolute Gasteiger partial charge is 0.467 e. The van der Waals surface area contributed by atoms with Gasteiger partial charge in [-0.1, -0.05) is 0 Å². The first-order valence-corrected chi connectivity index (χ1v) is 4.67. The van der Waals surface area contributed by atoms with Crippen molar-refractivity contribution >= 4 is 5.82 Å². The molecule has 0 saturated heterocycles. The smallest absolute Gasteiger partial charge is 0.318 e. The maximum atomic E-state index is 5.04. The summed E-state index contributed by atoms with van der Waals surface area (Å²) in [5, 5.41) is 6.35. The molecule has 2 rings (SSSR count). The number of anilines is 1. The minimum atomic E-state index is 0.440. The van der Waals surface area contributed by atoms with E-state index in [0.29, 0.717) is 6.01 Å². The molecular weight excluding hydrogens is 180 g/mol. The predicted molar refractivity (Wildman–Crippen MR) is 53.5 cm³/mol. The number of nitrogens with zero attached hydrogens (tertiary/aromatic N) is 2. The van der Waals surface area contributed by atoms with Crippen LogP contribution in [0.4, 0.5) is 5.82 Å². The van der Waals surface area contributed by atoms with E-state index < -0.39 is 0 Å². The molecule has 0 atom stereocenters. The molecule has 0 aromatic carbocycles. The van der Waals surface area contributed by atoms with Crippen LogP contribution in [0.5, 0.6) is 6.01 Å². The molecule has 0 radical (unpaired) electrons. The lowest BCUT2D eigenvalue weighted by Gasteiger charge is -2.19. The fourth-order valence-corrected chi connectivity index (χ4v) is 1.62. The number of aromatic nitrogens is 2. The minimum absolute atomic E-state index is 0.440. The van der Waals surface area contributed by atoms with Crippen molar-refractivity contribution < 1.29 is 4.74 Å². The second kappa shape index (κ2) is 3.79. The van der Waals surface area contributed by atoms with E-state index in [2.05, 4.69) is 20.6 Å². The molecule has 0 unspecified atom stereocenters. The van der Waals surface area contributed by atoms with Gasteiger partial charge >= 0.3 is 6.01 Å². The Labute approximate surface area is 82.9 Å². The van der Waals surface area contributed by atoms with E-state index in [-0.39, 0.29) is 0 Å². The monoisotopic (exact) mass is 194 g/mol. The second-order valence-corrected chi connectivity index (χ2v) is 3.16. The van der Waals surface area contributed by atoms with Crippen LogP contribution in [0.2, 0.25) is 0 Å². The standard InChI is InChI=1S/C9H14N4O/c1-10-8-6-5-11-4-3-7(6)12-9(13-8)14-2/h11H,3-5H2,1-2H3,(H,10,12,13). The molecule has 5 nitrogen and oxygen atoms in total. The Morgan fingerprint density at radius 2 is 2.29 bits per heavy atom. The average molecular weight is 194 g/mol. The third kappa shape index (κ3) is 1.50. The van der Waals surface area contributed by atoms with E-state index in [1.807, 2.05) is 7.05 Å². The molecule has 1 aromatic rings. The van der Waals surface area contributed by atoms with Crippen molar-refractivity contribution in [2.75, 3.05) is 26.0 Å². The van der Waals surface area contributed by atoms with Crippen molar-refractivity contribution in [3.05, 3.63) is 11.3 Å². The van der Waals surface area contributed by atoms with Crippen molar-refractivity contribution in [1.82, 2.24) is 15.3 Å². The zero-order chi connectivity index (χ0) is 9.97. The highest BCUT2D eigenvalue weighted by Crippen LogP contribution is 2.21. The van der Waals surface area contributed by atoms with Crippen LogP contribution in [0.15, 0.2) is 0 Å². The van der Waals surface area contributed by atoms with Gasteiger partial charge in [0.2, 0.25) is 0 Å². The molecule has 14 heavy (non-hydrogen) atoms. The third-order valence-corrected chi connectivity index (χ3v) is 2.33. The van der Waals surface area contributed by atoms with Gasteiger partial charge in [0.25, 0.3) is 0 Å². The van der Waals surface area contributed by atoms with Gasteiger partial charge < -0.3 is 15.4 Å². The number of methoxy groups -OCH3 is 1. The Bertz CT molecular complexity index is 323. The van der Waals surface area contributed by atoms with Gasteiger partial charge in [0.1, 0.15) is 5.82 Å². The maximum Gasteiger partial charge on any atom is 0.318 e. The van der Waals surface area contributed by atoms with Crippen molar-refractivity contribution in [2.45, 2.75) is 13.0 Å². The molecule has 2 N–H and O–H groups in total. The van der Waals surface area contributed by atoms with Gasteiger partial charge in [0, 0.05) is 32.1 Å². The number of nitrogens with one attached hydrogen (secondary N) is 2. The van der Waals surface area contributed by atoms with Gasteiger partial charge in [-0.25, -0.2) is 0 Å². The lowest BCUT2D eigenvalue weighted by Crippen LogP contribution is -2.26. The normalized spacial score (nSPS) is 14.7. The van der Waals surface area contributed by atoms with E-state index >= 15 is 0 Å². The van der Waals surface area contributed by atoms with Gasteiger partial charge in [-0.2, -0.15) is 9.97 Å². The van der Waals surface area contributed by atoms with Crippen LogP contribution in [-0.2, 0) is 13.0 Å². The Hall–Kier alpha value is -1.36. The Kier molecular flexibility index (Phi) is 2.49. The van der Waals surface area contributed by atoms with Crippen molar-refractivity contribution in [3.63, 3.8) is 0 Å². The first kappa shape index (κ1) is 9.21. The molecule has 0 amide bonds. The zero-order valence-corrected chi connectivity index (χ0v) is 8.42. The summed E-state index contributed by atoms with van der Waals surface area (Å²) in [4.78, 5) is 8.57. The lowest BCUT2D eigenvalue weighted by atomic mass is 10.1. The van der Waals surface area contributed by atoms with Crippen molar-refractivity contribution in [1.29, 1.82) is 0 Å². The van der Waals surface area contributed by atoms with Crippen LogP contribution < -0.4 is 15.4 Å². The third-order valence-electron chi connectivity index (χ3n) is 2.33. The van der Waals surface area contributed by atoms with Gasteiger partial charge in [-0.15, -0.1) is 0 Å². The first-order valence-electron chi connectivity index (χ1n) is 4.67. The topological polar surface area (TPSA) is 59.1 Å². The molecule has 1 aliphatic rings. The number of ether oxygens (including phenoxy) is 1. The summed E-state index contributed by atoms with van der Waals surface area (Å²) in [6, 6.07) is 0.440. The summed E-state index contributed by atoms with van der Waals surface area (Å²) in [5.41, 5.74) is 2.24. The van der Waals surface area contributed by atoms with Gasteiger partial charge in [-0.05, 0) is 0 Å². The van der Waals surface area contributed by atoms with E-state index in [1.165, 1.54) is 0 Å². The maximum absolute atomic E-state index is 5.04. The Balaban J connectivity index is 2.47. The fraction of sp³-hybridized carbons (Fsp3) is 0.556. The first-order chi connectivity index (χ1) is 6.85. The van der Waals surface area contributed by atoms with Crippen molar-refractivity contribution in [2.24, 2.45) is 0 Å². The van der Waals surface area contributed by atoms with E-state index in [0.717, 1.165) is 36.6 Å². The van der Waals surface area contributed by atoms with E-state index in [1.54, 1.807) is 7.11 Å². The quantitative estimate of drug-likeness (QED) is 0.703. The van der Waals surface area contributed by atoms with Gasteiger partial charge in [0.05, 0.1) is 12.8 Å². The summed E-state index contributed by atoms with van der Waals surface area (Å²) in [6.07, 6.45) is 0.933. The molecule has 0 saturated carbocycles. The molecule has 0 aliphatic carbocycles. The SMILES string of the molecule is CNc1nc(OC)nc2c1CNCC2. The number of fused-ring (bicyclic) bond motifs is 1. The Morgan fingerprint density at radius 3 is 3.00 bits per heavy atom. The van der Waals surface area contributed by atoms with Crippen LogP contribution in [-0.4, -0.2) is 30.7 Å². The number of hydrogen-bond donors (Lipinski definition) is 2. The molecule has 5 heteroatoms. The minimum Gasteiger partial charge on any atom is -0.467 e. The molecule has 1 aromatic heterocycles. The van der Waals surface area contributed by atoms with Crippen LogP contribution >= 0.6 is 0 Å². The molecule has 0 bridgehead atoms. The van der Waals surface area contributed by atoms with Gasteiger partial charge in [0.15, 0.2) is 0 Å². The van der Waals surface area contributed by atoms with Crippen LogP contribution in [0.25, 0.3) is 0 Å². The highest BCUT2D eigenvalue weighted by molar-refractivity contribution is 5.47. The summed E-state index contributed by atoms with van der Waals surface area (Å²) in [5.74, 6) is 0.860. The predicted octanol–water partition coefficient (Wildman–Crippen LogP) is 0.173. The van der Waals surface area contributed by atoms with Crippen LogP contribution in [0.3, 0.4) is 0 Å². The van der Waals surface area contributed by atoms with Crippen LogP contribution in [0, 0.1) is 0 Å². The molecular formula is C9H14N4O. The molecule has 76 valence electrons. The lowest BCUT2D eigenvalue weighted by molar-refractivity contribution is 0.376. The highest BCUT2D eigenvalue weighted by Gasteiger charge is 2.16. The molecule has 2 heterocycles. The number of rotatable bonds is 2.